The van der Waals surface area contributed by atoms with E-state index in [4.69, 9.17) is 4.74 Å². The lowest BCUT2D eigenvalue weighted by molar-refractivity contribution is -0.131. The number of likely N-dealkylation sites (tertiary alicyclic amines) is 1. The second-order valence-electron chi connectivity index (χ2n) is 4.63. The number of rotatable bonds is 7. The van der Waals surface area contributed by atoms with Crippen molar-refractivity contribution in [2.24, 2.45) is 0 Å². The molecule has 4 heteroatoms. The van der Waals surface area contributed by atoms with Gasteiger partial charge in [-0.15, -0.1) is 0 Å². The van der Waals surface area contributed by atoms with E-state index in [2.05, 4.69) is 11.9 Å². The minimum atomic E-state index is 0.213. The van der Waals surface area contributed by atoms with Gasteiger partial charge in [-0.1, -0.05) is 12.2 Å². The summed E-state index contributed by atoms with van der Waals surface area (Å²) in [6.07, 6.45) is 3.55. The first-order valence-corrected chi connectivity index (χ1v) is 6.41. The van der Waals surface area contributed by atoms with Gasteiger partial charge in [0.15, 0.2) is 0 Å². The van der Waals surface area contributed by atoms with Gasteiger partial charge in [0.25, 0.3) is 0 Å². The van der Waals surface area contributed by atoms with Gasteiger partial charge in [-0.25, -0.2) is 0 Å². The van der Waals surface area contributed by atoms with E-state index >= 15 is 0 Å². The zero-order chi connectivity index (χ0) is 12.5. The van der Waals surface area contributed by atoms with E-state index in [1.54, 1.807) is 0 Å². The predicted octanol–water partition coefficient (Wildman–Crippen LogP) is 1.18. The summed E-state index contributed by atoms with van der Waals surface area (Å²) < 4.78 is 5.34. The van der Waals surface area contributed by atoms with Crippen molar-refractivity contribution in [2.45, 2.75) is 26.2 Å². The van der Waals surface area contributed by atoms with Crippen LogP contribution in [0.5, 0.6) is 0 Å². The molecule has 0 aliphatic carbocycles. The van der Waals surface area contributed by atoms with Crippen LogP contribution in [0.4, 0.5) is 0 Å². The predicted molar refractivity (Wildman–Crippen MR) is 68.9 cm³/mol. The van der Waals surface area contributed by atoms with E-state index in [-0.39, 0.29) is 5.91 Å². The molecule has 4 nitrogen and oxygen atoms in total. The van der Waals surface area contributed by atoms with Crippen LogP contribution < -0.4 is 5.32 Å². The first kappa shape index (κ1) is 14.2. The Labute approximate surface area is 104 Å². The van der Waals surface area contributed by atoms with E-state index in [9.17, 15) is 4.79 Å². The molecular formula is C13H24N2O2. The molecule has 1 aliphatic rings. The van der Waals surface area contributed by atoms with Crippen LogP contribution in [0.2, 0.25) is 0 Å². The number of carbonyl (C=O) groups excluding carboxylic acids is 1. The summed E-state index contributed by atoms with van der Waals surface area (Å²) in [7, 11) is 0. The monoisotopic (exact) mass is 240 g/mol. The first-order chi connectivity index (χ1) is 8.20. The van der Waals surface area contributed by atoms with E-state index in [0.29, 0.717) is 26.3 Å². The second kappa shape index (κ2) is 8.25. The van der Waals surface area contributed by atoms with Gasteiger partial charge in [0.05, 0.1) is 19.8 Å². The number of nitrogens with one attached hydrogen (secondary N) is 1. The molecule has 1 heterocycles. The Balaban J connectivity index is 1.98. The summed E-state index contributed by atoms with van der Waals surface area (Å²) in [5.74, 6) is 0.213. The average molecular weight is 240 g/mol. The van der Waals surface area contributed by atoms with Crippen molar-refractivity contribution in [1.82, 2.24) is 10.2 Å². The summed E-state index contributed by atoms with van der Waals surface area (Å²) in [5, 5.41) is 3.11. The van der Waals surface area contributed by atoms with E-state index in [0.717, 1.165) is 31.5 Å². The van der Waals surface area contributed by atoms with Crippen molar-refractivity contribution in [3.8, 4) is 0 Å². The molecule has 1 amide bonds. The molecule has 1 N–H and O–H groups in total. The summed E-state index contributed by atoms with van der Waals surface area (Å²) in [5.41, 5.74) is 1.02. The molecule has 0 aromatic rings. The van der Waals surface area contributed by atoms with Crippen LogP contribution in [0.3, 0.4) is 0 Å². The number of ether oxygens (including phenoxy) is 1. The number of piperidine rings is 1. The maximum Gasteiger partial charge on any atom is 0.236 e. The minimum Gasteiger partial charge on any atom is -0.376 e. The van der Waals surface area contributed by atoms with Gasteiger partial charge in [-0.05, 0) is 26.2 Å². The van der Waals surface area contributed by atoms with Crippen molar-refractivity contribution >= 4 is 5.91 Å². The minimum absolute atomic E-state index is 0.213. The lowest BCUT2D eigenvalue weighted by atomic mass is 10.1. The van der Waals surface area contributed by atoms with E-state index < -0.39 is 0 Å². The summed E-state index contributed by atoms with van der Waals surface area (Å²) in [6.45, 7) is 9.91. The quantitative estimate of drug-likeness (QED) is 0.537. The van der Waals surface area contributed by atoms with Crippen molar-refractivity contribution in [3.05, 3.63) is 12.2 Å². The number of amides is 1. The second-order valence-corrected chi connectivity index (χ2v) is 4.63. The molecule has 0 radical (unpaired) electrons. The fourth-order valence-electron chi connectivity index (χ4n) is 1.84. The summed E-state index contributed by atoms with van der Waals surface area (Å²) >= 11 is 0. The third-order valence-corrected chi connectivity index (χ3v) is 2.76. The Kier molecular flexibility index (Phi) is 6.89. The summed E-state index contributed by atoms with van der Waals surface area (Å²) in [4.78, 5) is 13.7. The lowest BCUT2D eigenvalue weighted by Gasteiger charge is -2.26. The van der Waals surface area contributed by atoms with Gasteiger partial charge in [0.1, 0.15) is 0 Å². The molecule has 1 fully saturated rings. The third kappa shape index (κ3) is 6.44. The highest BCUT2D eigenvalue weighted by atomic mass is 16.5. The SMILES string of the molecule is C=C(C)COCCNCC(=O)N1CCCCC1. The molecule has 1 aliphatic heterocycles. The van der Waals surface area contributed by atoms with Crippen LogP contribution in [0.1, 0.15) is 26.2 Å². The zero-order valence-corrected chi connectivity index (χ0v) is 10.8. The standard InChI is InChI=1S/C13H24N2O2/c1-12(2)11-17-9-6-14-10-13(16)15-7-4-3-5-8-15/h14H,1,3-11H2,2H3. The van der Waals surface area contributed by atoms with Crippen LogP contribution in [-0.2, 0) is 9.53 Å². The highest BCUT2D eigenvalue weighted by Gasteiger charge is 2.15. The molecular weight excluding hydrogens is 216 g/mol. The number of hydrogen-bond acceptors (Lipinski definition) is 3. The zero-order valence-electron chi connectivity index (χ0n) is 10.8. The molecule has 1 saturated heterocycles. The van der Waals surface area contributed by atoms with Crippen LogP contribution in [-0.4, -0.2) is 50.2 Å². The Hall–Kier alpha value is -0.870. The highest BCUT2D eigenvalue weighted by molar-refractivity contribution is 5.78. The highest BCUT2D eigenvalue weighted by Crippen LogP contribution is 2.07. The lowest BCUT2D eigenvalue weighted by Crippen LogP contribution is -2.41. The normalized spacial score (nSPS) is 15.9. The maximum atomic E-state index is 11.7. The third-order valence-electron chi connectivity index (χ3n) is 2.76. The molecule has 1 rings (SSSR count). The smallest absolute Gasteiger partial charge is 0.236 e. The van der Waals surface area contributed by atoms with Crippen molar-refractivity contribution in [2.75, 3.05) is 39.4 Å². The number of nitrogens with zero attached hydrogens (tertiary/aromatic N) is 1. The fourth-order valence-corrected chi connectivity index (χ4v) is 1.84. The van der Waals surface area contributed by atoms with E-state index in [1.807, 2.05) is 11.8 Å². The van der Waals surface area contributed by atoms with E-state index in [1.165, 1.54) is 6.42 Å². The molecule has 0 unspecified atom stereocenters. The van der Waals surface area contributed by atoms with Gasteiger partial charge in [0, 0.05) is 19.6 Å². The van der Waals surface area contributed by atoms with Crippen LogP contribution in [0.25, 0.3) is 0 Å². The van der Waals surface area contributed by atoms with Gasteiger partial charge < -0.3 is 15.0 Å². The molecule has 0 atom stereocenters. The van der Waals surface area contributed by atoms with Crippen molar-refractivity contribution < 1.29 is 9.53 Å². The Morgan fingerprint density at radius 1 is 1.35 bits per heavy atom. The largest absolute Gasteiger partial charge is 0.376 e. The Morgan fingerprint density at radius 2 is 2.06 bits per heavy atom. The summed E-state index contributed by atoms with van der Waals surface area (Å²) in [6, 6.07) is 0. The van der Waals surface area contributed by atoms with Gasteiger partial charge >= 0.3 is 0 Å². The molecule has 0 aromatic carbocycles. The molecule has 0 spiro atoms. The first-order valence-electron chi connectivity index (χ1n) is 6.41. The van der Waals surface area contributed by atoms with Gasteiger partial charge in [-0.3, -0.25) is 4.79 Å². The van der Waals surface area contributed by atoms with Crippen LogP contribution in [0, 0.1) is 0 Å². The molecule has 0 aromatic heterocycles. The van der Waals surface area contributed by atoms with Crippen LogP contribution in [0.15, 0.2) is 12.2 Å². The van der Waals surface area contributed by atoms with Crippen molar-refractivity contribution in [3.63, 3.8) is 0 Å². The topological polar surface area (TPSA) is 41.6 Å². The van der Waals surface area contributed by atoms with Gasteiger partial charge in [0.2, 0.25) is 5.91 Å². The number of carbonyl (C=O) groups is 1. The van der Waals surface area contributed by atoms with Gasteiger partial charge in [-0.2, -0.15) is 0 Å². The number of hydrogen-bond donors (Lipinski definition) is 1. The molecule has 17 heavy (non-hydrogen) atoms. The maximum absolute atomic E-state index is 11.7. The fraction of sp³-hybridized carbons (Fsp3) is 0.769. The van der Waals surface area contributed by atoms with Crippen LogP contribution >= 0.6 is 0 Å². The molecule has 0 bridgehead atoms. The Bertz CT molecular complexity index is 248. The van der Waals surface area contributed by atoms with Crippen molar-refractivity contribution in [1.29, 1.82) is 0 Å². The molecule has 98 valence electrons. The molecule has 0 saturated carbocycles. The average Bonchev–Trinajstić information content (AvgIpc) is 2.34. The Morgan fingerprint density at radius 3 is 2.71 bits per heavy atom.